The summed E-state index contributed by atoms with van der Waals surface area (Å²) in [7, 11) is 0. The van der Waals surface area contributed by atoms with Gasteiger partial charge in [0.15, 0.2) is 0 Å². The summed E-state index contributed by atoms with van der Waals surface area (Å²) in [6.45, 7) is 27.0. The molecule has 28 heteroatoms. The molecular formula is C80H114N4O18S6. The van der Waals surface area contributed by atoms with Crippen molar-refractivity contribution < 1.29 is 88.7 Å². The number of hydrogen-bond acceptors (Lipinski definition) is 20. The minimum Gasteiger partial charge on any atom is -0.481 e. The molecule has 2 atom stereocenters. The molecule has 6 aromatic heterocycles. The van der Waals surface area contributed by atoms with Crippen molar-refractivity contribution in [3.63, 3.8) is 0 Å². The predicted octanol–water partition coefficient (Wildman–Crippen LogP) is 17.8. The fourth-order valence-electron chi connectivity index (χ4n) is 14.0. The molecule has 0 saturated heterocycles. The zero-order chi connectivity index (χ0) is 81.0. The Labute approximate surface area is 659 Å². The molecule has 0 aliphatic heterocycles. The highest BCUT2D eigenvalue weighted by Crippen LogP contribution is 2.41. The number of fused-ring (bicyclic) bond motifs is 1. The lowest BCUT2D eigenvalue weighted by Gasteiger charge is -2.29. The van der Waals surface area contributed by atoms with Gasteiger partial charge in [-0.25, -0.2) is 0 Å². The molecule has 12 N–H and O–H groups in total. The Bertz CT molecular complexity index is 3950. The van der Waals surface area contributed by atoms with Crippen LogP contribution in [0.2, 0.25) is 0 Å². The molecule has 22 nitrogen and oxygen atoms in total. The lowest BCUT2D eigenvalue weighted by molar-refractivity contribution is -0.149. The fourth-order valence-corrected chi connectivity index (χ4v) is 19.6. The number of rotatable bonds is 44. The maximum Gasteiger partial charge on any atom is 0.303 e. The lowest BCUT2D eigenvalue weighted by atomic mass is 9.74. The number of nitrogens with zero attached hydrogens (tertiary/aromatic N) is 2. The van der Waals surface area contributed by atoms with Crippen molar-refractivity contribution in [2.45, 2.75) is 244 Å². The molecule has 6 heterocycles. The topological polar surface area (TPSA) is 403 Å². The van der Waals surface area contributed by atoms with Gasteiger partial charge in [0.05, 0.1) is 50.4 Å². The molecule has 108 heavy (non-hydrogen) atoms. The molecule has 2 unspecified atom stereocenters. The van der Waals surface area contributed by atoms with Crippen LogP contribution in [0.4, 0.5) is 0 Å². The number of nitrogens with two attached hydrogens (primary N) is 2. The van der Waals surface area contributed by atoms with E-state index in [4.69, 9.17) is 57.1 Å². The third-order valence-electron chi connectivity index (χ3n) is 19.5. The Hall–Kier alpha value is -7.31. The van der Waals surface area contributed by atoms with Gasteiger partial charge in [-0.3, -0.25) is 43.2 Å². The average molecular weight is 1610 g/mol. The number of aryl methyl sites for hydroxylation is 14. The first kappa shape index (κ1) is 94.9. The first-order chi connectivity index (χ1) is 50.9. The van der Waals surface area contributed by atoms with Crippen LogP contribution in [0.15, 0.2) is 36.4 Å². The van der Waals surface area contributed by atoms with Crippen LogP contribution in [-0.2, 0) is 86.4 Å². The second kappa shape index (κ2) is 48.4. The van der Waals surface area contributed by atoms with Crippen molar-refractivity contribution in [3.8, 4) is 10.4 Å². The summed E-state index contributed by atoms with van der Waals surface area (Å²) in [4.78, 5) is 111. The molecule has 0 spiro atoms. The SMILES string of the molecule is CCC(CCCc1cc(C)sc1C)(CC(=O)O)CC(=O)O.CCC(CN)CC(CCCc1cc(C)sc1C)CC(=O)O.Cc1cc(CCCC(CC(=O)O)(CC(=O)O)CC(=O)O)c(C)s1.Cc1cc(CCCC(CC(=O)O)CC(=O)O)c(C)s1.Cc1sc(-c2cc(CCN)c(C)c3nsnc23)cc1CCOC=O. The van der Waals surface area contributed by atoms with Crippen LogP contribution in [0, 0.1) is 97.8 Å². The first-order valence-corrected chi connectivity index (χ1v) is 41.5. The van der Waals surface area contributed by atoms with Gasteiger partial charge in [-0.1, -0.05) is 20.3 Å². The van der Waals surface area contributed by atoms with Gasteiger partial charge in [-0.15, -0.1) is 56.7 Å². The van der Waals surface area contributed by atoms with Crippen molar-refractivity contribution in [3.05, 3.63) is 119 Å². The Morgan fingerprint density at radius 2 is 0.815 bits per heavy atom. The minimum absolute atomic E-state index is 0.0616. The van der Waals surface area contributed by atoms with Gasteiger partial charge in [0.25, 0.3) is 6.47 Å². The standard InChI is InChI=1S/C17H19N3O2S2.C17H29NO2S.C16H22O6S.C16H24O4S.C14H20O4S/c1-10-12(3-5-18)7-14(17-16(10)19-24-20-17)15-8-13(11(2)23-15)4-6-22-9-21;1-4-14(11-18)9-15(10-17(19)20)6-5-7-16-8-12(2)21-13(16)3;1-10-6-12(11(2)23-10)4-3-5-16(7-13(17)18,8-14(19)20)9-15(21)22;1-4-16(9-14(17)18,10-15(19)20)7-5-6-13-8-11(2)21-12(13)3;1-9-6-12(10(2)19-9)5-3-4-11(7-13(15)16)8-14(17)18/h7-9H,3-6,18H2,1-2H3;8,14-15H,4-7,9-11,18H2,1-3H3,(H,19,20);6H,3-5,7-9H2,1-2H3,(H,17,18)(H,19,20)(H,21,22);8H,4-7,9-10H2,1-3H3,(H,17,18)(H,19,20);6,11H,3-5,7-8H2,1-2H3,(H,15,16)(H,17,18). The van der Waals surface area contributed by atoms with E-state index in [0.717, 1.165) is 92.8 Å². The molecule has 0 aliphatic carbocycles. The van der Waals surface area contributed by atoms with E-state index in [-0.39, 0.29) is 50.4 Å². The zero-order valence-electron chi connectivity index (χ0n) is 64.7. The highest BCUT2D eigenvalue weighted by molar-refractivity contribution is 7.15. The molecule has 0 fully saturated rings. The van der Waals surface area contributed by atoms with Crippen LogP contribution < -0.4 is 11.5 Å². The summed E-state index contributed by atoms with van der Waals surface area (Å²) in [6, 6.07) is 13.0. The number of aromatic nitrogens is 2. The smallest absolute Gasteiger partial charge is 0.303 e. The predicted molar refractivity (Wildman–Crippen MR) is 433 cm³/mol. The summed E-state index contributed by atoms with van der Waals surface area (Å²) >= 11 is 10.0. The van der Waals surface area contributed by atoms with Crippen LogP contribution in [0.3, 0.4) is 0 Å². The van der Waals surface area contributed by atoms with E-state index >= 15 is 0 Å². The van der Waals surface area contributed by atoms with E-state index in [1.807, 2.05) is 32.1 Å². The number of carboxylic acids is 8. The fraction of sp³-hybridized carbons (Fsp3) is 0.562. The molecule has 0 saturated carbocycles. The van der Waals surface area contributed by atoms with E-state index in [9.17, 15) is 43.2 Å². The van der Waals surface area contributed by atoms with E-state index in [0.29, 0.717) is 64.2 Å². The highest BCUT2D eigenvalue weighted by Gasteiger charge is 2.38. The van der Waals surface area contributed by atoms with E-state index in [2.05, 4.69) is 107 Å². The Morgan fingerprint density at radius 3 is 1.18 bits per heavy atom. The van der Waals surface area contributed by atoms with E-state index in [1.54, 1.807) is 45.3 Å². The van der Waals surface area contributed by atoms with E-state index < -0.39 is 77.8 Å². The molecule has 0 radical (unpaired) electrons. The third-order valence-corrected chi connectivity index (χ3v) is 25.2. The monoisotopic (exact) mass is 1610 g/mol. The van der Waals surface area contributed by atoms with Crippen molar-refractivity contribution in [1.82, 2.24) is 8.75 Å². The quantitative estimate of drug-likeness (QED) is 0.0125. The minimum atomic E-state index is -1.25. The second-order valence-electron chi connectivity index (χ2n) is 28.3. The molecule has 0 aliphatic rings. The summed E-state index contributed by atoms with van der Waals surface area (Å²) in [5, 5.41) is 71.9. The number of carboxylic acid groups (broad SMARTS) is 8. The number of hydrogen-bond donors (Lipinski definition) is 10. The Balaban J connectivity index is 0.000000351. The van der Waals surface area contributed by atoms with Gasteiger partial charge in [0.2, 0.25) is 0 Å². The van der Waals surface area contributed by atoms with Gasteiger partial charge < -0.3 is 57.1 Å². The summed E-state index contributed by atoms with van der Waals surface area (Å²) < 4.78 is 13.8. The van der Waals surface area contributed by atoms with Crippen molar-refractivity contribution in [2.75, 3.05) is 19.7 Å². The van der Waals surface area contributed by atoms with Gasteiger partial charge in [0, 0.05) is 85.4 Å². The van der Waals surface area contributed by atoms with Gasteiger partial charge in [-0.2, -0.15) is 8.75 Å². The molecule has 7 aromatic rings. The molecule has 0 amide bonds. The van der Waals surface area contributed by atoms with Crippen molar-refractivity contribution in [2.24, 2.45) is 40.1 Å². The lowest BCUT2D eigenvalue weighted by Crippen LogP contribution is -2.31. The van der Waals surface area contributed by atoms with E-state index in [1.165, 1.54) is 93.9 Å². The number of carbonyl (C=O) groups excluding carboxylic acids is 1. The molecular weight excluding hydrogens is 1500 g/mol. The molecule has 598 valence electrons. The second-order valence-corrected chi connectivity index (χ2v) is 36.0. The van der Waals surface area contributed by atoms with Gasteiger partial charge in [0.1, 0.15) is 11.0 Å². The summed E-state index contributed by atoms with van der Waals surface area (Å²) in [5.41, 5.74) is 21.5. The first-order valence-electron chi connectivity index (χ1n) is 36.7. The zero-order valence-corrected chi connectivity index (χ0v) is 69.6. The number of carbonyl (C=O) groups is 9. The Kier molecular flexibility index (Phi) is 42.5. The largest absolute Gasteiger partial charge is 0.481 e. The third kappa shape index (κ3) is 34.7. The van der Waals surface area contributed by atoms with Crippen LogP contribution in [-0.4, -0.2) is 124 Å². The van der Waals surface area contributed by atoms with Gasteiger partial charge >= 0.3 is 47.8 Å². The number of aliphatic carboxylic acids is 8. The summed E-state index contributed by atoms with van der Waals surface area (Å²) in [5.74, 6) is -7.43. The highest BCUT2D eigenvalue weighted by atomic mass is 32.1. The van der Waals surface area contributed by atoms with Gasteiger partial charge in [-0.05, 0) is 277 Å². The normalized spacial score (nSPS) is 11.8. The summed E-state index contributed by atoms with van der Waals surface area (Å²) in [6.07, 6.45) is 12.1. The molecule has 7 rings (SSSR count). The van der Waals surface area contributed by atoms with Crippen molar-refractivity contribution >= 4 is 134 Å². The van der Waals surface area contributed by atoms with Crippen LogP contribution in [0.1, 0.15) is 219 Å². The maximum absolute atomic E-state index is 11.1. The average Bonchev–Trinajstić information content (AvgIpc) is 1.68. The van der Waals surface area contributed by atoms with Crippen LogP contribution in [0.25, 0.3) is 21.5 Å². The number of thiophene rings is 5. The number of ether oxygens (including phenoxy) is 1. The van der Waals surface area contributed by atoms with Crippen LogP contribution >= 0.6 is 68.4 Å². The molecule has 0 bridgehead atoms. The number of benzene rings is 1. The molecule has 1 aromatic carbocycles. The van der Waals surface area contributed by atoms with Crippen LogP contribution in [0.5, 0.6) is 0 Å². The maximum atomic E-state index is 11.1. The Morgan fingerprint density at radius 1 is 0.444 bits per heavy atom. The van der Waals surface area contributed by atoms with Crippen molar-refractivity contribution in [1.29, 1.82) is 0 Å².